The van der Waals surface area contributed by atoms with E-state index >= 15 is 0 Å². The van der Waals surface area contributed by atoms with Gasteiger partial charge in [-0.3, -0.25) is 4.40 Å². The molecule has 1 aliphatic carbocycles. The van der Waals surface area contributed by atoms with Gasteiger partial charge in [0.05, 0.1) is 30.0 Å². The van der Waals surface area contributed by atoms with Crippen LogP contribution < -0.4 is 4.74 Å². The molecule has 0 fully saturated rings. The van der Waals surface area contributed by atoms with E-state index in [1.54, 1.807) is 12.1 Å². The summed E-state index contributed by atoms with van der Waals surface area (Å²) in [4.78, 5) is 4.51. The van der Waals surface area contributed by atoms with E-state index < -0.39 is 12.2 Å². The van der Waals surface area contributed by atoms with Gasteiger partial charge >= 0.3 is 0 Å². The summed E-state index contributed by atoms with van der Waals surface area (Å²) in [6.45, 7) is 1.85. The zero-order valence-electron chi connectivity index (χ0n) is 13.6. The zero-order chi connectivity index (χ0) is 17.6. The fourth-order valence-electron chi connectivity index (χ4n) is 3.43. The predicted octanol–water partition coefficient (Wildman–Crippen LogP) is 2.89. The number of nitrogens with zero attached hydrogens (tertiary/aromatic N) is 3. The molecule has 0 aliphatic heterocycles. The summed E-state index contributed by atoms with van der Waals surface area (Å²) in [5, 5.41) is 19.4. The van der Waals surface area contributed by atoms with Gasteiger partial charge in [0.2, 0.25) is 0 Å². The highest BCUT2D eigenvalue weighted by molar-refractivity contribution is 5.57. The molecular formula is C19H16FN3O2. The molecule has 2 aromatic heterocycles. The Morgan fingerprint density at radius 2 is 2.28 bits per heavy atom. The van der Waals surface area contributed by atoms with Crippen molar-refractivity contribution in [3.05, 3.63) is 64.9 Å². The molecule has 0 saturated carbocycles. The first-order valence-corrected chi connectivity index (χ1v) is 8.05. The van der Waals surface area contributed by atoms with Gasteiger partial charge in [0.1, 0.15) is 5.82 Å². The molecule has 0 bridgehead atoms. The first-order valence-electron chi connectivity index (χ1n) is 8.05. The monoisotopic (exact) mass is 337 g/mol. The van der Waals surface area contributed by atoms with Crippen molar-refractivity contribution in [2.45, 2.75) is 32.0 Å². The minimum Gasteiger partial charge on any atom is -0.479 e. The Morgan fingerprint density at radius 3 is 3.08 bits per heavy atom. The molecule has 1 aromatic carbocycles. The Bertz CT molecular complexity index is 1010. The molecule has 6 heteroatoms. The van der Waals surface area contributed by atoms with E-state index in [1.807, 2.05) is 23.6 Å². The number of fused-ring (bicyclic) bond motifs is 2. The van der Waals surface area contributed by atoms with E-state index in [9.17, 15) is 9.50 Å². The number of hydrogen-bond acceptors (Lipinski definition) is 4. The average molecular weight is 337 g/mol. The Hall–Kier alpha value is -2.91. The van der Waals surface area contributed by atoms with E-state index in [1.165, 1.54) is 12.1 Å². The highest BCUT2D eigenvalue weighted by Crippen LogP contribution is 2.37. The molecular weight excluding hydrogens is 321 g/mol. The van der Waals surface area contributed by atoms with Gasteiger partial charge in [-0.25, -0.2) is 9.37 Å². The van der Waals surface area contributed by atoms with Crippen LogP contribution in [0.25, 0.3) is 5.65 Å². The average Bonchev–Trinajstić information content (AvgIpc) is 3.06. The topological polar surface area (TPSA) is 70.6 Å². The molecule has 0 saturated heterocycles. The van der Waals surface area contributed by atoms with E-state index in [4.69, 9.17) is 10.00 Å². The lowest BCUT2D eigenvalue weighted by Gasteiger charge is -2.18. The second-order valence-electron chi connectivity index (χ2n) is 6.20. The number of halogens is 1. The number of aryl methyl sites for hydroxylation is 1. The second kappa shape index (κ2) is 5.87. The van der Waals surface area contributed by atoms with Crippen LogP contribution in [-0.4, -0.2) is 20.6 Å². The summed E-state index contributed by atoms with van der Waals surface area (Å²) < 4.78 is 21.3. The molecule has 25 heavy (non-hydrogen) atoms. The standard InChI is InChI=1S/C19H16FN3O2/c1-11-15(6-7-21)23-8-2-3-17(19(23)22-11)25-18-14-5-4-13(20)9-12(14)10-16(18)24/h2-5,8-9,16,18,24H,6,10H2,1H3. The van der Waals surface area contributed by atoms with Crippen LogP contribution in [0, 0.1) is 24.1 Å². The third kappa shape index (κ3) is 2.53. The largest absolute Gasteiger partial charge is 0.479 e. The van der Waals surface area contributed by atoms with Crippen LogP contribution >= 0.6 is 0 Å². The van der Waals surface area contributed by atoms with Gasteiger partial charge in [0, 0.05) is 12.6 Å². The first kappa shape index (κ1) is 15.6. The summed E-state index contributed by atoms with van der Waals surface area (Å²) in [5.74, 6) is 0.203. The number of aliphatic hydroxyl groups excluding tert-OH is 1. The maximum absolute atomic E-state index is 13.4. The number of nitriles is 1. The van der Waals surface area contributed by atoms with Crippen LogP contribution in [0.15, 0.2) is 36.5 Å². The fraction of sp³-hybridized carbons (Fsp3) is 0.263. The van der Waals surface area contributed by atoms with Crippen LogP contribution in [0.1, 0.15) is 28.6 Å². The van der Waals surface area contributed by atoms with Crippen molar-refractivity contribution in [1.29, 1.82) is 5.26 Å². The number of aliphatic hydroxyl groups is 1. The summed E-state index contributed by atoms with van der Waals surface area (Å²) in [6.07, 6.45) is 1.13. The molecule has 0 radical (unpaired) electrons. The molecule has 1 aliphatic rings. The SMILES string of the molecule is Cc1nc2c(OC3c4ccc(F)cc4CC3O)cccn2c1CC#N. The molecule has 4 rings (SSSR count). The second-order valence-corrected chi connectivity index (χ2v) is 6.20. The first-order chi connectivity index (χ1) is 12.1. The Morgan fingerprint density at radius 1 is 1.44 bits per heavy atom. The van der Waals surface area contributed by atoms with E-state index in [-0.39, 0.29) is 12.2 Å². The summed E-state index contributed by atoms with van der Waals surface area (Å²) in [6, 6.07) is 10.2. The van der Waals surface area contributed by atoms with Gasteiger partial charge in [-0.05, 0) is 42.3 Å². The Kier molecular flexibility index (Phi) is 3.66. The van der Waals surface area contributed by atoms with Crippen molar-refractivity contribution < 1.29 is 14.2 Å². The normalized spacial score (nSPS) is 19.0. The van der Waals surface area contributed by atoms with Gasteiger partial charge in [0.15, 0.2) is 17.5 Å². The molecule has 0 spiro atoms. The van der Waals surface area contributed by atoms with Crippen molar-refractivity contribution in [2.24, 2.45) is 0 Å². The highest BCUT2D eigenvalue weighted by Gasteiger charge is 2.33. The van der Waals surface area contributed by atoms with E-state index in [2.05, 4.69) is 11.1 Å². The Labute approximate surface area is 143 Å². The fourth-order valence-corrected chi connectivity index (χ4v) is 3.43. The van der Waals surface area contributed by atoms with Crippen molar-refractivity contribution >= 4 is 5.65 Å². The van der Waals surface area contributed by atoms with Crippen LogP contribution in [-0.2, 0) is 12.8 Å². The molecule has 126 valence electrons. The van der Waals surface area contributed by atoms with Gasteiger partial charge in [0.25, 0.3) is 0 Å². The molecule has 2 atom stereocenters. The lowest BCUT2D eigenvalue weighted by Crippen LogP contribution is -2.19. The molecule has 2 unspecified atom stereocenters. The zero-order valence-corrected chi connectivity index (χ0v) is 13.6. The Balaban J connectivity index is 1.75. The quantitative estimate of drug-likeness (QED) is 0.798. The number of ether oxygens (including phenoxy) is 1. The predicted molar refractivity (Wildman–Crippen MR) is 88.7 cm³/mol. The maximum Gasteiger partial charge on any atom is 0.180 e. The number of rotatable bonds is 3. The van der Waals surface area contributed by atoms with E-state index in [0.29, 0.717) is 17.8 Å². The van der Waals surface area contributed by atoms with Crippen LogP contribution in [0.3, 0.4) is 0 Å². The highest BCUT2D eigenvalue weighted by atomic mass is 19.1. The smallest absolute Gasteiger partial charge is 0.180 e. The van der Waals surface area contributed by atoms with Gasteiger partial charge in [-0.1, -0.05) is 6.07 Å². The number of aromatic nitrogens is 2. The summed E-state index contributed by atoms with van der Waals surface area (Å²) in [5.41, 5.74) is 3.74. The number of benzene rings is 1. The molecule has 0 amide bonds. The lowest BCUT2D eigenvalue weighted by molar-refractivity contribution is 0.0502. The van der Waals surface area contributed by atoms with Crippen molar-refractivity contribution in [1.82, 2.24) is 9.38 Å². The van der Waals surface area contributed by atoms with Crippen molar-refractivity contribution in [2.75, 3.05) is 0 Å². The minimum atomic E-state index is -0.744. The maximum atomic E-state index is 13.4. The van der Waals surface area contributed by atoms with Crippen LogP contribution in [0.4, 0.5) is 4.39 Å². The third-order valence-corrected chi connectivity index (χ3v) is 4.60. The van der Waals surface area contributed by atoms with Gasteiger partial charge in [-0.2, -0.15) is 5.26 Å². The lowest BCUT2D eigenvalue weighted by atomic mass is 10.1. The third-order valence-electron chi connectivity index (χ3n) is 4.60. The molecule has 3 aromatic rings. The van der Waals surface area contributed by atoms with Crippen LogP contribution in [0.5, 0.6) is 5.75 Å². The van der Waals surface area contributed by atoms with E-state index in [0.717, 1.165) is 22.5 Å². The van der Waals surface area contributed by atoms with Gasteiger partial charge < -0.3 is 9.84 Å². The molecule has 2 heterocycles. The summed E-state index contributed by atoms with van der Waals surface area (Å²) >= 11 is 0. The van der Waals surface area contributed by atoms with Crippen molar-refractivity contribution in [3.63, 3.8) is 0 Å². The molecule has 1 N–H and O–H groups in total. The van der Waals surface area contributed by atoms with Crippen LogP contribution in [0.2, 0.25) is 0 Å². The minimum absolute atomic E-state index is 0.255. The molecule has 5 nitrogen and oxygen atoms in total. The number of hydrogen-bond donors (Lipinski definition) is 1. The number of pyridine rings is 1. The van der Waals surface area contributed by atoms with Gasteiger partial charge in [-0.15, -0.1) is 0 Å². The summed E-state index contributed by atoms with van der Waals surface area (Å²) in [7, 11) is 0. The van der Waals surface area contributed by atoms with Crippen molar-refractivity contribution in [3.8, 4) is 11.8 Å². The number of imidazole rings is 1.